The summed E-state index contributed by atoms with van der Waals surface area (Å²) in [7, 11) is 0. The molecule has 0 unspecified atom stereocenters. The Bertz CT molecular complexity index is 1000. The zero-order valence-electron chi connectivity index (χ0n) is 15.3. The van der Waals surface area contributed by atoms with Crippen LogP contribution in [0.2, 0.25) is 0 Å². The average Bonchev–Trinajstić information content (AvgIpc) is 3.31. The number of hydrogen-bond acceptors (Lipinski definition) is 4. The van der Waals surface area contributed by atoms with Crippen LogP contribution in [0.5, 0.6) is 0 Å². The van der Waals surface area contributed by atoms with Crippen LogP contribution in [0.3, 0.4) is 0 Å². The summed E-state index contributed by atoms with van der Waals surface area (Å²) in [6, 6.07) is 15.6. The van der Waals surface area contributed by atoms with Gasteiger partial charge in [-0.25, -0.2) is 4.98 Å². The van der Waals surface area contributed by atoms with E-state index in [0.717, 1.165) is 46.2 Å². The summed E-state index contributed by atoms with van der Waals surface area (Å²) in [5.74, 6) is 0.0982. The van der Waals surface area contributed by atoms with Crippen LogP contribution in [0.25, 0.3) is 21.8 Å². The average molecular weight is 458 g/mol. The van der Waals surface area contributed by atoms with Gasteiger partial charge in [0.15, 0.2) is 0 Å². The van der Waals surface area contributed by atoms with E-state index in [4.69, 9.17) is 4.98 Å². The Morgan fingerprint density at radius 2 is 1.93 bits per heavy atom. The number of carbonyl (C=O) groups excluding carboxylic acids is 2. The fraction of sp³-hybridized carbons (Fsp3) is 0.190. The zero-order chi connectivity index (χ0) is 18.8. The van der Waals surface area contributed by atoms with E-state index in [0.29, 0.717) is 6.42 Å². The summed E-state index contributed by atoms with van der Waals surface area (Å²) in [6.45, 7) is 2.27. The van der Waals surface area contributed by atoms with Crippen molar-refractivity contribution in [1.29, 1.82) is 0 Å². The van der Waals surface area contributed by atoms with Crippen LogP contribution in [0.1, 0.15) is 19.8 Å². The summed E-state index contributed by atoms with van der Waals surface area (Å²) >= 11 is 1.58. The van der Waals surface area contributed by atoms with Crippen molar-refractivity contribution in [2.24, 2.45) is 0 Å². The molecule has 3 aromatic rings. The van der Waals surface area contributed by atoms with Crippen molar-refractivity contribution in [3.63, 3.8) is 0 Å². The lowest BCUT2D eigenvalue weighted by Crippen LogP contribution is -2.23. The molecule has 2 aromatic carbocycles. The number of halogens is 1. The van der Waals surface area contributed by atoms with Crippen LogP contribution in [0.15, 0.2) is 53.9 Å². The molecule has 1 N–H and O–H groups in total. The lowest BCUT2D eigenvalue weighted by molar-refractivity contribution is -0.117. The fourth-order valence-electron chi connectivity index (χ4n) is 3.19. The molecule has 2 amide bonds. The number of benzene rings is 2. The van der Waals surface area contributed by atoms with E-state index in [1.165, 1.54) is 6.92 Å². The van der Waals surface area contributed by atoms with Crippen molar-refractivity contribution in [3.8, 4) is 21.8 Å². The molecule has 0 spiro atoms. The third-order valence-corrected chi connectivity index (χ3v) is 5.37. The lowest BCUT2D eigenvalue weighted by atomic mass is 10.1. The van der Waals surface area contributed by atoms with Crippen molar-refractivity contribution in [2.45, 2.75) is 19.8 Å². The van der Waals surface area contributed by atoms with Gasteiger partial charge in [-0.2, -0.15) is 0 Å². The van der Waals surface area contributed by atoms with Crippen molar-refractivity contribution >= 4 is 51.5 Å². The minimum atomic E-state index is -0.0874. The maximum absolute atomic E-state index is 12.0. The molecule has 1 aliphatic heterocycles. The number of anilines is 2. The molecule has 2 heterocycles. The Morgan fingerprint density at radius 1 is 1.14 bits per heavy atom. The van der Waals surface area contributed by atoms with Crippen LogP contribution in [-0.2, 0) is 9.59 Å². The third kappa shape index (κ3) is 4.31. The van der Waals surface area contributed by atoms with E-state index in [2.05, 4.69) is 5.32 Å². The van der Waals surface area contributed by atoms with Crippen LogP contribution in [-0.4, -0.2) is 23.3 Å². The van der Waals surface area contributed by atoms with Gasteiger partial charge < -0.3 is 10.2 Å². The summed E-state index contributed by atoms with van der Waals surface area (Å²) in [4.78, 5) is 29.7. The summed E-state index contributed by atoms with van der Waals surface area (Å²) in [5.41, 5.74) is 4.61. The second kappa shape index (κ2) is 8.67. The molecule has 5 nitrogen and oxygen atoms in total. The van der Waals surface area contributed by atoms with Gasteiger partial charge in [0.05, 0.1) is 5.69 Å². The Labute approximate surface area is 178 Å². The summed E-state index contributed by atoms with van der Waals surface area (Å²) in [5, 5.41) is 5.71. The molecule has 0 radical (unpaired) electrons. The quantitative estimate of drug-likeness (QED) is 0.589. The molecule has 144 valence electrons. The molecule has 0 bridgehead atoms. The fourth-order valence-corrected chi connectivity index (χ4v) is 4.03. The van der Waals surface area contributed by atoms with E-state index in [9.17, 15) is 9.59 Å². The molecule has 0 saturated carbocycles. The van der Waals surface area contributed by atoms with E-state index in [-0.39, 0.29) is 28.8 Å². The van der Waals surface area contributed by atoms with Crippen molar-refractivity contribution in [1.82, 2.24) is 4.98 Å². The van der Waals surface area contributed by atoms with Gasteiger partial charge >= 0.3 is 0 Å². The van der Waals surface area contributed by atoms with E-state index >= 15 is 0 Å². The van der Waals surface area contributed by atoms with Crippen LogP contribution < -0.4 is 10.2 Å². The smallest absolute Gasteiger partial charge is 0.227 e. The van der Waals surface area contributed by atoms with E-state index < -0.39 is 0 Å². The lowest BCUT2D eigenvalue weighted by Gasteiger charge is -2.16. The first-order valence-electron chi connectivity index (χ1n) is 8.84. The number of nitrogens with zero attached hydrogens (tertiary/aromatic N) is 2. The first kappa shape index (κ1) is 20.2. The molecule has 0 atom stereocenters. The minimum absolute atomic E-state index is 0. The minimum Gasteiger partial charge on any atom is -0.326 e. The maximum Gasteiger partial charge on any atom is 0.227 e. The van der Waals surface area contributed by atoms with Gasteiger partial charge in [0.2, 0.25) is 11.8 Å². The molecule has 1 aromatic heterocycles. The van der Waals surface area contributed by atoms with Crippen molar-refractivity contribution < 1.29 is 9.59 Å². The largest absolute Gasteiger partial charge is 0.326 e. The van der Waals surface area contributed by atoms with Gasteiger partial charge in [0.1, 0.15) is 5.01 Å². The van der Waals surface area contributed by atoms with Gasteiger partial charge in [-0.05, 0) is 42.8 Å². The molecule has 0 aliphatic carbocycles. The molecule has 7 heteroatoms. The highest BCUT2D eigenvalue weighted by atomic mass is 79.9. The number of rotatable bonds is 4. The Morgan fingerprint density at radius 3 is 2.61 bits per heavy atom. The number of hydrogen-bond donors (Lipinski definition) is 1. The number of thiazole rings is 1. The van der Waals surface area contributed by atoms with E-state index in [1.54, 1.807) is 11.3 Å². The molecule has 1 aliphatic rings. The van der Waals surface area contributed by atoms with Crippen LogP contribution in [0, 0.1) is 0 Å². The second-order valence-electron chi connectivity index (χ2n) is 6.50. The summed E-state index contributed by atoms with van der Waals surface area (Å²) < 4.78 is 0. The topological polar surface area (TPSA) is 62.3 Å². The molecular weight excluding hydrogens is 438 g/mol. The standard InChI is InChI=1S/C21H19N3O2S.BrH/c1-14(25)22-17-9-7-15(8-10-17)21-23-19(13-27-21)16-4-2-5-18(12-16)24-11-3-6-20(24)26;/h2,4-5,7-10,12-13H,3,6,11H2,1H3,(H,22,25);1H. The van der Waals surface area contributed by atoms with Gasteiger partial charge in [0, 0.05) is 47.8 Å². The van der Waals surface area contributed by atoms with E-state index in [1.807, 2.05) is 58.8 Å². The molecule has 1 saturated heterocycles. The predicted octanol–water partition coefficient (Wildman–Crippen LogP) is 5.14. The number of amides is 2. The number of aromatic nitrogens is 1. The molecule has 4 rings (SSSR count). The maximum atomic E-state index is 12.0. The highest BCUT2D eigenvalue weighted by molar-refractivity contribution is 8.93. The van der Waals surface area contributed by atoms with Gasteiger partial charge in [-0.1, -0.05) is 12.1 Å². The van der Waals surface area contributed by atoms with Gasteiger partial charge in [0.25, 0.3) is 0 Å². The first-order chi connectivity index (χ1) is 13.1. The highest BCUT2D eigenvalue weighted by Crippen LogP contribution is 2.32. The normalized spacial score (nSPS) is 13.3. The highest BCUT2D eigenvalue weighted by Gasteiger charge is 2.22. The Balaban J connectivity index is 0.00000225. The number of nitrogens with one attached hydrogen (secondary N) is 1. The van der Waals surface area contributed by atoms with Crippen LogP contribution in [0.4, 0.5) is 11.4 Å². The predicted molar refractivity (Wildman–Crippen MR) is 119 cm³/mol. The van der Waals surface area contributed by atoms with Gasteiger partial charge in [-0.15, -0.1) is 28.3 Å². The Kier molecular flexibility index (Phi) is 6.26. The number of carbonyl (C=O) groups is 2. The zero-order valence-corrected chi connectivity index (χ0v) is 17.9. The molecule has 28 heavy (non-hydrogen) atoms. The van der Waals surface area contributed by atoms with Crippen LogP contribution >= 0.6 is 28.3 Å². The molecule has 1 fully saturated rings. The monoisotopic (exact) mass is 457 g/mol. The van der Waals surface area contributed by atoms with Crippen molar-refractivity contribution in [3.05, 3.63) is 53.9 Å². The molecular formula is C21H20BrN3O2S. The second-order valence-corrected chi connectivity index (χ2v) is 7.35. The first-order valence-corrected chi connectivity index (χ1v) is 9.72. The Hall–Kier alpha value is -2.51. The SMILES string of the molecule is Br.CC(=O)Nc1ccc(-c2nc(-c3cccc(N4CCCC4=O)c3)cs2)cc1. The third-order valence-electron chi connectivity index (χ3n) is 4.48. The summed E-state index contributed by atoms with van der Waals surface area (Å²) in [6.07, 6.45) is 1.54. The van der Waals surface area contributed by atoms with Gasteiger partial charge in [-0.3, -0.25) is 9.59 Å². The van der Waals surface area contributed by atoms with Crippen molar-refractivity contribution in [2.75, 3.05) is 16.8 Å².